The zero-order valence-corrected chi connectivity index (χ0v) is 10.3. The lowest BCUT2D eigenvalue weighted by Crippen LogP contribution is -1.90. The summed E-state index contributed by atoms with van der Waals surface area (Å²) in [4.78, 5) is 0. The number of ether oxygens (including phenoxy) is 1. The lowest BCUT2D eigenvalue weighted by atomic mass is 9.98. The summed E-state index contributed by atoms with van der Waals surface area (Å²) in [6, 6.07) is 11.5. The van der Waals surface area contributed by atoms with E-state index in [0.717, 1.165) is 11.1 Å². The maximum atomic E-state index is 9.45. The summed E-state index contributed by atoms with van der Waals surface area (Å²) in [7, 11) is 1.61. The van der Waals surface area contributed by atoms with Gasteiger partial charge in [0.1, 0.15) is 11.5 Å². The second-order valence-electron chi connectivity index (χ2n) is 4.20. The Morgan fingerprint density at radius 1 is 0.941 bits per heavy atom. The number of phenolic OH excluding ortho intramolecular Hbond substituents is 1. The van der Waals surface area contributed by atoms with Gasteiger partial charge in [-0.3, -0.25) is 0 Å². The molecule has 2 aromatic rings. The Balaban J connectivity index is 2.60. The Morgan fingerprint density at radius 3 is 2.29 bits per heavy atom. The Bertz CT molecular complexity index is 545. The van der Waals surface area contributed by atoms with Crippen molar-refractivity contribution in [3.05, 3.63) is 47.5 Å². The molecular weight excluding hydrogens is 212 g/mol. The molecule has 1 N–H and O–H groups in total. The Hall–Kier alpha value is -1.96. The zero-order chi connectivity index (χ0) is 12.4. The normalized spacial score (nSPS) is 10.3. The third kappa shape index (κ3) is 2.26. The van der Waals surface area contributed by atoms with Crippen LogP contribution in [0.4, 0.5) is 0 Å². The number of aryl methyl sites for hydroxylation is 2. The quantitative estimate of drug-likeness (QED) is 0.849. The third-order valence-electron chi connectivity index (χ3n) is 2.86. The maximum Gasteiger partial charge on any atom is 0.130 e. The van der Waals surface area contributed by atoms with Gasteiger partial charge in [-0.05, 0) is 37.1 Å². The van der Waals surface area contributed by atoms with Crippen LogP contribution in [0.3, 0.4) is 0 Å². The van der Waals surface area contributed by atoms with Gasteiger partial charge in [-0.2, -0.15) is 0 Å². The van der Waals surface area contributed by atoms with Crippen LogP contribution in [0.5, 0.6) is 11.5 Å². The molecule has 2 aromatic carbocycles. The first-order valence-electron chi connectivity index (χ1n) is 5.56. The molecule has 0 aliphatic carbocycles. The largest absolute Gasteiger partial charge is 0.508 e. The Morgan fingerprint density at radius 2 is 1.65 bits per heavy atom. The van der Waals surface area contributed by atoms with E-state index in [1.807, 2.05) is 6.07 Å². The fraction of sp³-hybridized carbons (Fsp3) is 0.200. The van der Waals surface area contributed by atoms with Crippen molar-refractivity contribution in [2.75, 3.05) is 7.11 Å². The highest BCUT2D eigenvalue weighted by atomic mass is 16.5. The molecule has 2 rings (SSSR count). The molecule has 0 saturated carbocycles. The Kier molecular flexibility index (Phi) is 3.05. The predicted molar refractivity (Wildman–Crippen MR) is 69.6 cm³/mol. The van der Waals surface area contributed by atoms with Gasteiger partial charge < -0.3 is 9.84 Å². The van der Waals surface area contributed by atoms with Crippen LogP contribution in [-0.2, 0) is 0 Å². The zero-order valence-electron chi connectivity index (χ0n) is 10.3. The van der Waals surface area contributed by atoms with E-state index in [-0.39, 0.29) is 5.75 Å². The number of benzene rings is 2. The van der Waals surface area contributed by atoms with E-state index in [2.05, 4.69) is 32.0 Å². The third-order valence-corrected chi connectivity index (χ3v) is 2.86. The van der Waals surface area contributed by atoms with E-state index in [1.165, 1.54) is 11.1 Å². The van der Waals surface area contributed by atoms with E-state index in [9.17, 15) is 5.11 Å². The van der Waals surface area contributed by atoms with Crippen LogP contribution in [0.1, 0.15) is 11.1 Å². The van der Waals surface area contributed by atoms with Gasteiger partial charge in [-0.1, -0.05) is 23.8 Å². The predicted octanol–water partition coefficient (Wildman–Crippen LogP) is 3.68. The van der Waals surface area contributed by atoms with Crippen LogP contribution >= 0.6 is 0 Å². The van der Waals surface area contributed by atoms with Crippen LogP contribution in [0.25, 0.3) is 11.1 Å². The summed E-state index contributed by atoms with van der Waals surface area (Å²) >= 11 is 0. The molecule has 0 saturated heterocycles. The molecule has 0 fully saturated rings. The summed E-state index contributed by atoms with van der Waals surface area (Å²) in [5.74, 6) is 0.910. The molecule has 17 heavy (non-hydrogen) atoms. The highest BCUT2D eigenvalue weighted by Crippen LogP contribution is 2.34. The number of methoxy groups -OCH3 is 1. The van der Waals surface area contributed by atoms with Gasteiger partial charge in [0.15, 0.2) is 0 Å². The molecule has 88 valence electrons. The van der Waals surface area contributed by atoms with E-state index in [0.29, 0.717) is 5.75 Å². The lowest BCUT2D eigenvalue weighted by molar-refractivity contribution is 0.409. The molecule has 0 unspecified atom stereocenters. The maximum absolute atomic E-state index is 9.45. The van der Waals surface area contributed by atoms with Crippen LogP contribution in [0, 0.1) is 13.8 Å². The van der Waals surface area contributed by atoms with Gasteiger partial charge in [-0.25, -0.2) is 0 Å². The molecule has 0 aromatic heterocycles. The average molecular weight is 228 g/mol. The monoisotopic (exact) mass is 228 g/mol. The van der Waals surface area contributed by atoms with Crippen LogP contribution < -0.4 is 4.74 Å². The molecule has 0 bridgehead atoms. The Labute approximate surface area is 101 Å². The lowest BCUT2D eigenvalue weighted by Gasteiger charge is -2.12. The van der Waals surface area contributed by atoms with Gasteiger partial charge in [0.25, 0.3) is 0 Å². The summed E-state index contributed by atoms with van der Waals surface area (Å²) < 4.78 is 5.31. The van der Waals surface area contributed by atoms with E-state index in [4.69, 9.17) is 4.74 Å². The molecule has 2 heteroatoms. The molecule has 0 radical (unpaired) electrons. The molecule has 0 amide bonds. The van der Waals surface area contributed by atoms with E-state index in [1.54, 1.807) is 19.2 Å². The van der Waals surface area contributed by atoms with Crippen molar-refractivity contribution in [2.24, 2.45) is 0 Å². The van der Waals surface area contributed by atoms with Crippen molar-refractivity contribution in [1.29, 1.82) is 0 Å². The molecule has 0 spiro atoms. The molecule has 0 aliphatic heterocycles. The van der Waals surface area contributed by atoms with Crippen LogP contribution in [0.2, 0.25) is 0 Å². The average Bonchev–Trinajstić information content (AvgIpc) is 2.30. The summed E-state index contributed by atoms with van der Waals surface area (Å²) in [5, 5.41) is 9.45. The summed E-state index contributed by atoms with van der Waals surface area (Å²) in [6.45, 7) is 4.15. The first-order chi connectivity index (χ1) is 8.11. The van der Waals surface area contributed by atoms with Gasteiger partial charge in [0.2, 0.25) is 0 Å². The fourth-order valence-electron chi connectivity index (χ4n) is 2.02. The SMILES string of the molecule is COc1cc(O)ccc1-c1ccc(C)cc1C. The smallest absolute Gasteiger partial charge is 0.130 e. The molecular formula is C15H16O2. The molecule has 0 atom stereocenters. The van der Waals surface area contributed by atoms with Crippen molar-refractivity contribution < 1.29 is 9.84 Å². The standard InChI is InChI=1S/C15H16O2/c1-10-4-6-13(11(2)8-10)14-7-5-12(16)9-15(14)17-3/h4-9,16H,1-3H3. The number of hydrogen-bond acceptors (Lipinski definition) is 2. The minimum absolute atomic E-state index is 0.218. The van der Waals surface area contributed by atoms with Crippen molar-refractivity contribution in [2.45, 2.75) is 13.8 Å². The van der Waals surface area contributed by atoms with Crippen molar-refractivity contribution in [3.8, 4) is 22.6 Å². The molecule has 2 nitrogen and oxygen atoms in total. The second-order valence-corrected chi connectivity index (χ2v) is 4.20. The highest BCUT2D eigenvalue weighted by molar-refractivity contribution is 5.74. The number of phenols is 1. The molecule has 0 aliphatic rings. The van der Waals surface area contributed by atoms with Crippen molar-refractivity contribution in [3.63, 3.8) is 0 Å². The van der Waals surface area contributed by atoms with Crippen molar-refractivity contribution >= 4 is 0 Å². The van der Waals surface area contributed by atoms with Gasteiger partial charge in [0.05, 0.1) is 7.11 Å². The van der Waals surface area contributed by atoms with E-state index < -0.39 is 0 Å². The summed E-state index contributed by atoms with van der Waals surface area (Å²) in [6.07, 6.45) is 0. The first kappa shape index (κ1) is 11.5. The first-order valence-corrected chi connectivity index (χ1v) is 5.56. The van der Waals surface area contributed by atoms with Crippen molar-refractivity contribution in [1.82, 2.24) is 0 Å². The number of hydrogen-bond donors (Lipinski definition) is 1. The van der Waals surface area contributed by atoms with Crippen LogP contribution in [0.15, 0.2) is 36.4 Å². The topological polar surface area (TPSA) is 29.5 Å². The second kappa shape index (κ2) is 4.50. The number of rotatable bonds is 2. The van der Waals surface area contributed by atoms with E-state index >= 15 is 0 Å². The van der Waals surface area contributed by atoms with Gasteiger partial charge in [0, 0.05) is 11.6 Å². The summed E-state index contributed by atoms with van der Waals surface area (Å²) in [5.41, 5.74) is 4.58. The van der Waals surface area contributed by atoms with Gasteiger partial charge >= 0.3 is 0 Å². The minimum atomic E-state index is 0.218. The highest BCUT2D eigenvalue weighted by Gasteiger charge is 2.09. The fourth-order valence-corrected chi connectivity index (χ4v) is 2.02. The van der Waals surface area contributed by atoms with Crippen LogP contribution in [-0.4, -0.2) is 12.2 Å². The minimum Gasteiger partial charge on any atom is -0.508 e. The number of aromatic hydroxyl groups is 1. The molecule has 0 heterocycles. The van der Waals surface area contributed by atoms with Gasteiger partial charge in [-0.15, -0.1) is 0 Å².